The number of fused-ring (bicyclic) bond motifs is 3. The number of nitrogens with zero attached hydrogens (tertiary/aromatic N) is 2. The van der Waals surface area contributed by atoms with Gasteiger partial charge in [-0.3, -0.25) is 0 Å². The summed E-state index contributed by atoms with van der Waals surface area (Å²) < 4.78 is 7.95. The molecular weight excluding hydrogens is 382 g/mol. The van der Waals surface area contributed by atoms with E-state index < -0.39 is 0 Å². The summed E-state index contributed by atoms with van der Waals surface area (Å²) in [6, 6.07) is 25.1. The highest BCUT2D eigenvalue weighted by Crippen LogP contribution is 2.41. The van der Waals surface area contributed by atoms with Crippen LogP contribution in [0.1, 0.15) is 36.6 Å². The van der Waals surface area contributed by atoms with Gasteiger partial charge in [-0.1, -0.05) is 48.0 Å². The Morgan fingerprint density at radius 1 is 1.00 bits per heavy atom. The van der Waals surface area contributed by atoms with Crippen molar-refractivity contribution >= 4 is 28.6 Å². The smallest absolute Gasteiger partial charge is 0.204 e. The van der Waals surface area contributed by atoms with Gasteiger partial charge in [0.15, 0.2) is 0 Å². The van der Waals surface area contributed by atoms with Crippen molar-refractivity contribution in [2.24, 2.45) is 0 Å². The first-order valence-corrected chi connectivity index (χ1v) is 10.3. The summed E-state index contributed by atoms with van der Waals surface area (Å²) in [5, 5.41) is 4.39. The van der Waals surface area contributed by atoms with E-state index in [0.717, 1.165) is 34.2 Å². The second kappa shape index (κ2) is 7.45. The topological polar surface area (TPSA) is 39.1 Å². The predicted molar refractivity (Wildman–Crippen MR) is 118 cm³/mol. The molecule has 146 valence electrons. The Hall–Kier alpha value is -2.98. The number of hydrogen-bond donors (Lipinski definition) is 1. The first kappa shape index (κ1) is 18.1. The maximum atomic E-state index is 6.10. The molecule has 0 bridgehead atoms. The fraction of sp³-hybridized carbons (Fsp3) is 0.208. The number of para-hydroxylation sites is 2. The molecule has 0 aliphatic carbocycles. The van der Waals surface area contributed by atoms with Crippen LogP contribution in [0.2, 0.25) is 5.02 Å². The van der Waals surface area contributed by atoms with Gasteiger partial charge in [0.1, 0.15) is 5.75 Å². The summed E-state index contributed by atoms with van der Waals surface area (Å²) in [6.45, 7) is 2.67. The fourth-order valence-electron chi connectivity index (χ4n) is 4.16. The van der Waals surface area contributed by atoms with Crippen molar-refractivity contribution in [3.05, 3.63) is 88.9 Å². The van der Waals surface area contributed by atoms with Gasteiger partial charge in [-0.05, 0) is 60.9 Å². The number of aromatic nitrogens is 2. The second-order valence-corrected chi connectivity index (χ2v) is 7.73. The lowest BCUT2D eigenvalue weighted by atomic mass is 9.93. The Kier molecular flexibility index (Phi) is 4.64. The highest BCUT2D eigenvalue weighted by atomic mass is 35.5. The molecule has 1 N–H and O–H groups in total. The molecule has 4 nitrogen and oxygen atoms in total. The van der Waals surface area contributed by atoms with E-state index in [1.54, 1.807) is 0 Å². The van der Waals surface area contributed by atoms with E-state index in [-0.39, 0.29) is 12.1 Å². The number of rotatable bonds is 4. The van der Waals surface area contributed by atoms with E-state index in [9.17, 15) is 0 Å². The Bertz CT molecular complexity index is 1140. The van der Waals surface area contributed by atoms with E-state index in [2.05, 4.69) is 64.5 Å². The molecule has 3 aromatic carbocycles. The van der Waals surface area contributed by atoms with E-state index in [4.69, 9.17) is 21.3 Å². The second-order valence-electron chi connectivity index (χ2n) is 7.30. The summed E-state index contributed by atoms with van der Waals surface area (Å²) in [7, 11) is 0. The first-order valence-electron chi connectivity index (χ1n) is 9.94. The van der Waals surface area contributed by atoms with Crippen molar-refractivity contribution in [3.8, 4) is 5.75 Å². The minimum Gasteiger partial charge on any atom is -0.494 e. The number of ether oxygens (including phenoxy) is 1. The van der Waals surface area contributed by atoms with Crippen LogP contribution in [0, 0.1) is 0 Å². The highest BCUT2D eigenvalue weighted by molar-refractivity contribution is 6.30. The Balaban J connectivity index is 1.60. The maximum Gasteiger partial charge on any atom is 0.204 e. The number of anilines is 1. The summed E-state index contributed by atoms with van der Waals surface area (Å²) in [4.78, 5) is 4.87. The van der Waals surface area contributed by atoms with E-state index in [1.165, 1.54) is 11.1 Å². The SMILES string of the molecule is CCOc1ccc(C2CC(c3ccc(Cl)cc3)Nc3nc4ccccc4n32)cc1. The van der Waals surface area contributed by atoms with Gasteiger partial charge in [0, 0.05) is 5.02 Å². The molecule has 0 radical (unpaired) electrons. The number of imidazole rings is 1. The molecule has 1 aliphatic rings. The zero-order chi connectivity index (χ0) is 19.8. The monoisotopic (exact) mass is 403 g/mol. The number of benzene rings is 3. The van der Waals surface area contributed by atoms with E-state index in [1.807, 2.05) is 25.1 Å². The van der Waals surface area contributed by atoms with Crippen molar-refractivity contribution in [1.29, 1.82) is 0 Å². The maximum absolute atomic E-state index is 6.10. The third-order valence-electron chi connectivity index (χ3n) is 5.52. The average molecular weight is 404 g/mol. The molecule has 0 saturated carbocycles. The molecule has 1 aliphatic heterocycles. The number of nitrogens with one attached hydrogen (secondary N) is 1. The van der Waals surface area contributed by atoms with Crippen LogP contribution in [-0.4, -0.2) is 16.2 Å². The average Bonchev–Trinajstić information content (AvgIpc) is 3.13. The van der Waals surface area contributed by atoms with Gasteiger partial charge in [-0.2, -0.15) is 0 Å². The zero-order valence-electron chi connectivity index (χ0n) is 16.2. The highest BCUT2D eigenvalue weighted by Gasteiger charge is 2.30. The molecule has 0 amide bonds. The van der Waals surface area contributed by atoms with Crippen LogP contribution < -0.4 is 10.1 Å². The van der Waals surface area contributed by atoms with Gasteiger partial charge in [0.25, 0.3) is 0 Å². The molecule has 2 heterocycles. The molecule has 0 saturated heterocycles. The quantitative estimate of drug-likeness (QED) is 0.438. The van der Waals surface area contributed by atoms with Crippen LogP contribution in [0.25, 0.3) is 11.0 Å². The minimum atomic E-state index is 0.160. The zero-order valence-corrected chi connectivity index (χ0v) is 16.9. The molecular formula is C24H22ClN3O. The molecule has 2 atom stereocenters. The van der Waals surface area contributed by atoms with Crippen molar-refractivity contribution in [3.63, 3.8) is 0 Å². The molecule has 5 rings (SSSR count). The van der Waals surface area contributed by atoms with Crippen LogP contribution in [0.4, 0.5) is 5.95 Å². The number of halogens is 1. The summed E-state index contributed by atoms with van der Waals surface area (Å²) in [6.07, 6.45) is 0.920. The summed E-state index contributed by atoms with van der Waals surface area (Å²) in [5.74, 6) is 1.80. The molecule has 29 heavy (non-hydrogen) atoms. The van der Waals surface area contributed by atoms with Gasteiger partial charge in [0.2, 0.25) is 5.95 Å². The standard InChI is InChI=1S/C24H22ClN3O/c1-2-29-19-13-9-17(10-14-19)23-15-21(16-7-11-18(25)12-8-16)27-24-26-20-5-3-4-6-22(20)28(23)24/h3-14,21,23H,2,15H2,1H3,(H,26,27). The lowest BCUT2D eigenvalue weighted by Crippen LogP contribution is -2.27. The van der Waals surface area contributed by atoms with Gasteiger partial charge in [-0.15, -0.1) is 0 Å². The third-order valence-corrected chi connectivity index (χ3v) is 5.77. The first-order chi connectivity index (χ1) is 14.2. The molecule has 4 aromatic rings. The van der Waals surface area contributed by atoms with Crippen molar-refractivity contribution in [1.82, 2.24) is 9.55 Å². The minimum absolute atomic E-state index is 0.160. The largest absolute Gasteiger partial charge is 0.494 e. The van der Waals surface area contributed by atoms with Crippen molar-refractivity contribution in [2.45, 2.75) is 25.4 Å². The molecule has 0 fully saturated rings. The van der Waals surface area contributed by atoms with E-state index in [0.29, 0.717) is 6.61 Å². The summed E-state index contributed by atoms with van der Waals surface area (Å²) >= 11 is 6.10. The van der Waals surface area contributed by atoms with Gasteiger partial charge in [0.05, 0.1) is 29.7 Å². The normalized spacial score (nSPS) is 18.3. The van der Waals surface area contributed by atoms with Crippen LogP contribution in [-0.2, 0) is 0 Å². The van der Waals surface area contributed by atoms with E-state index >= 15 is 0 Å². The van der Waals surface area contributed by atoms with Crippen LogP contribution >= 0.6 is 11.6 Å². The molecule has 2 unspecified atom stereocenters. The van der Waals surface area contributed by atoms with Crippen molar-refractivity contribution in [2.75, 3.05) is 11.9 Å². The van der Waals surface area contributed by atoms with Gasteiger partial charge in [-0.25, -0.2) is 4.98 Å². The number of hydrogen-bond acceptors (Lipinski definition) is 3. The molecule has 0 spiro atoms. The fourth-order valence-corrected chi connectivity index (χ4v) is 4.28. The Labute approximate surface area is 175 Å². The molecule has 1 aromatic heterocycles. The lowest BCUT2D eigenvalue weighted by Gasteiger charge is -2.33. The Morgan fingerprint density at radius 3 is 2.48 bits per heavy atom. The van der Waals surface area contributed by atoms with Crippen LogP contribution in [0.3, 0.4) is 0 Å². The van der Waals surface area contributed by atoms with Crippen LogP contribution in [0.5, 0.6) is 5.75 Å². The predicted octanol–water partition coefficient (Wildman–Crippen LogP) is 6.23. The van der Waals surface area contributed by atoms with Gasteiger partial charge >= 0.3 is 0 Å². The van der Waals surface area contributed by atoms with Crippen molar-refractivity contribution < 1.29 is 4.74 Å². The molecule has 5 heteroatoms. The Morgan fingerprint density at radius 2 is 1.72 bits per heavy atom. The van der Waals surface area contributed by atoms with Gasteiger partial charge < -0.3 is 14.6 Å². The lowest BCUT2D eigenvalue weighted by molar-refractivity contribution is 0.340. The third kappa shape index (κ3) is 3.34. The van der Waals surface area contributed by atoms with Crippen LogP contribution in [0.15, 0.2) is 72.8 Å². The summed E-state index contributed by atoms with van der Waals surface area (Å²) in [5.41, 5.74) is 4.60.